The van der Waals surface area contributed by atoms with E-state index in [9.17, 15) is 13.2 Å². The summed E-state index contributed by atoms with van der Waals surface area (Å²) < 4.78 is 38.2. The van der Waals surface area contributed by atoms with Crippen molar-refractivity contribution in [2.75, 3.05) is 6.54 Å². The summed E-state index contributed by atoms with van der Waals surface area (Å²) in [5, 5.41) is 3.04. The van der Waals surface area contributed by atoms with Crippen LogP contribution < -0.4 is 5.32 Å². The molecule has 114 valence electrons. The summed E-state index contributed by atoms with van der Waals surface area (Å²) in [7, 11) is 0. The van der Waals surface area contributed by atoms with Gasteiger partial charge in [0.1, 0.15) is 5.82 Å². The van der Waals surface area contributed by atoms with E-state index >= 15 is 0 Å². The average Bonchev–Trinajstić information content (AvgIpc) is 2.79. The number of imidazole rings is 1. The predicted molar refractivity (Wildman–Crippen MR) is 75.3 cm³/mol. The summed E-state index contributed by atoms with van der Waals surface area (Å²) >= 11 is 0. The van der Waals surface area contributed by atoms with Gasteiger partial charge in [0.05, 0.1) is 11.9 Å². The third kappa shape index (κ3) is 4.60. The molecule has 6 heteroatoms. The van der Waals surface area contributed by atoms with Gasteiger partial charge in [0.2, 0.25) is 0 Å². The average molecular weight is 297 g/mol. The predicted octanol–water partition coefficient (Wildman–Crippen LogP) is 3.61. The Morgan fingerprint density at radius 3 is 2.57 bits per heavy atom. The maximum absolute atomic E-state index is 12.1. The fraction of sp³-hybridized carbons (Fsp3) is 0.400. The number of hydrogen-bond acceptors (Lipinski definition) is 2. The van der Waals surface area contributed by atoms with Crippen LogP contribution in [0.15, 0.2) is 36.5 Å². The first-order valence-corrected chi connectivity index (χ1v) is 6.83. The van der Waals surface area contributed by atoms with E-state index in [-0.39, 0.29) is 6.42 Å². The Labute approximate surface area is 121 Å². The van der Waals surface area contributed by atoms with Crippen molar-refractivity contribution in [3.05, 3.63) is 48.0 Å². The number of para-hydroxylation sites is 1. The maximum Gasteiger partial charge on any atom is 0.389 e. The van der Waals surface area contributed by atoms with Crippen LogP contribution in [0.5, 0.6) is 0 Å². The van der Waals surface area contributed by atoms with Crippen molar-refractivity contribution in [1.82, 2.24) is 14.9 Å². The molecule has 0 aliphatic carbocycles. The highest BCUT2D eigenvalue weighted by molar-refractivity contribution is 5.35. The number of rotatable bonds is 6. The first kappa shape index (κ1) is 15.6. The normalized spacial score (nSPS) is 11.8. The lowest BCUT2D eigenvalue weighted by atomic mass is 10.3. The summed E-state index contributed by atoms with van der Waals surface area (Å²) in [5.74, 6) is 0.855. The Bertz CT molecular complexity index is 561. The summed E-state index contributed by atoms with van der Waals surface area (Å²) in [5.41, 5.74) is 1.94. The van der Waals surface area contributed by atoms with Crippen molar-refractivity contribution in [2.24, 2.45) is 0 Å². The molecule has 0 saturated heterocycles. The van der Waals surface area contributed by atoms with Crippen molar-refractivity contribution in [2.45, 2.75) is 32.5 Å². The Balaban J connectivity index is 1.93. The van der Waals surface area contributed by atoms with Gasteiger partial charge in [-0.15, -0.1) is 0 Å². The smallest absolute Gasteiger partial charge is 0.311 e. The zero-order valence-corrected chi connectivity index (χ0v) is 11.8. The molecule has 0 amide bonds. The Hall–Kier alpha value is -1.82. The summed E-state index contributed by atoms with van der Waals surface area (Å²) in [6, 6.07) is 9.76. The fourth-order valence-corrected chi connectivity index (χ4v) is 2.18. The molecule has 0 bridgehead atoms. The number of alkyl halides is 3. The lowest BCUT2D eigenvalue weighted by molar-refractivity contribution is -0.135. The van der Waals surface area contributed by atoms with E-state index in [1.165, 1.54) is 0 Å². The molecule has 3 nitrogen and oxygen atoms in total. The zero-order valence-electron chi connectivity index (χ0n) is 11.8. The maximum atomic E-state index is 12.1. The largest absolute Gasteiger partial charge is 0.389 e. The molecule has 1 heterocycles. The van der Waals surface area contributed by atoms with Gasteiger partial charge in [-0.2, -0.15) is 13.2 Å². The van der Waals surface area contributed by atoms with Crippen LogP contribution in [0.3, 0.4) is 0 Å². The van der Waals surface area contributed by atoms with Gasteiger partial charge in [0.25, 0.3) is 0 Å². The molecule has 0 unspecified atom stereocenters. The van der Waals surface area contributed by atoms with Gasteiger partial charge in [-0.1, -0.05) is 18.2 Å². The summed E-state index contributed by atoms with van der Waals surface area (Å²) in [6.07, 6.45) is -3.00. The highest BCUT2D eigenvalue weighted by Gasteiger charge is 2.25. The number of hydrogen-bond donors (Lipinski definition) is 1. The Morgan fingerprint density at radius 2 is 1.90 bits per heavy atom. The molecule has 0 fully saturated rings. The second-order valence-corrected chi connectivity index (χ2v) is 4.86. The molecule has 0 spiro atoms. The minimum absolute atomic E-state index is 0.0853. The third-order valence-corrected chi connectivity index (χ3v) is 3.15. The van der Waals surface area contributed by atoms with Crippen LogP contribution in [-0.2, 0) is 6.54 Å². The van der Waals surface area contributed by atoms with Gasteiger partial charge in [-0.05, 0) is 32.0 Å². The SMILES string of the molecule is Cc1ncc(CNCCCC(F)(F)F)n1-c1ccccc1. The lowest BCUT2D eigenvalue weighted by Gasteiger charge is -2.11. The van der Waals surface area contributed by atoms with Crippen molar-refractivity contribution in [3.8, 4) is 5.69 Å². The monoisotopic (exact) mass is 297 g/mol. The molecule has 0 aliphatic rings. The molecule has 1 aromatic carbocycles. The van der Waals surface area contributed by atoms with Crippen molar-refractivity contribution >= 4 is 0 Å². The van der Waals surface area contributed by atoms with Crippen molar-refractivity contribution in [1.29, 1.82) is 0 Å². The van der Waals surface area contributed by atoms with Crippen molar-refractivity contribution in [3.63, 3.8) is 0 Å². The van der Waals surface area contributed by atoms with E-state index in [1.54, 1.807) is 6.20 Å². The fourth-order valence-electron chi connectivity index (χ4n) is 2.18. The van der Waals surface area contributed by atoms with Gasteiger partial charge in [-0.3, -0.25) is 4.57 Å². The first-order valence-electron chi connectivity index (χ1n) is 6.83. The van der Waals surface area contributed by atoms with E-state index in [2.05, 4.69) is 10.3 Å². The lowest BCUT2D eigenvalue weighted by Crippen LogP contribution is -2.19. The molecule has 2 rings (SSSR count). The molecule has 0 saturated carbocycles. The van der Waals surface area contributed by atoms with Crippen LogP contribution in [0.2, 0.25) is 0 Å². The molecule has 0 aliphatic heterocycles. The third-order valence-electron chi connectivity index (χ3n) is 3.15. The van der Waals surface area contributed by atoms with Crippen molar-refractivity contribution < 1.29 is 13.2 Å². The molecular weight excluding hydrogens is 279 g/mol. The van der Waals surface area contributed by atoms with Crippen LogP contribution >= 0.6 is 0 Å². The topological polar surface area (TPSA) is 29.9 Å². The van der Waals surface area contributed by atoms with E-state index in [4.69, 9.17) is 0 Å². The summed E-state index contributed by atoms with van der Waals surface area (Å²) in [6.45, 7) is 2.73. The molecule has 0 radical (unpaired) electrons. The summed E-state index contributed by atoms with van der Waals surface area (Å²) in [4.78, 5) is 4.27. The van der Waals surface area contributed by atoms with Gasteiger partial charge in [-0.25, -0.2) is 4.98 Å². The number of halogens is 3. The van der Waals surface area contributed by atoms with Gasteiger partial charge < -0.3 is 5.32 Å². The van der Waals surface area contributed by atoms with Gasteiger partial charge >= 0.3 is 6.18 Å². The van der Waals surface area contributed by atoms with E-state index in [0.717, 1.165) is 17.2 Å². The standard InChI is InChI=1S/C15H18F3N3/c1-12-20-11-14(10-19-9-5-8-15(16,17)18)21(12)13-6-3-2-4-7-13/h2-4,6-7,11,19H,5,8-10H2,1H3. The van der Waals surface area contributed by atoms with Gasteiger partial charge in [0.15, 0.2) is 0 Å². The minimum Gasteiger partial charge on any atom is -0.311 e. The molecular formula is C15H18F3N3. The number of aromatic nitrogens is 2. The molecule has 1 aromatic heterocycles. The van der Waals surface area contributed by atoms with Gasteiger partial charge in [0, 0.05) is 18.7 Å². The highest BCUT2D eigenvalue weighted by atomic mass is 19.4. The highest BCUT2D eigenvalue weighted by Crippen LogP contribution is 2.20. The second-order valence-electron chi connectivity index (χ2n) is 4.86. The Morgan fingerprint density at radius 1 is 1.19 bits per heavy atom. The molecule has 0 atom stereocenters. The second kappa shape index (κ2) is 6.76. The number of benzene rings is 1. The first-order chi connectivity index (χ1) is 9.97. The molecule has 2 aromatic rings. The van der Waals surface area contributed by atoms with E-state index in [1.807, 2.05) is 41.8 Å². The quantitative estimate of drug-likeness (QED) is 0.825. The number of nitrogens with one attached hydrogen (secondary N) is 1. The van der Waals surface area contributed by atoms with Crippen LogP contribution in [0.4, 0.5) is 13.2 Å². The van der Waals surface area contributed by atoms with Crippen LogP contribution in [-0.4, -0.2) is 22.3 Å². The van der Waals surface area contributed by atoms with E-state index < -0.39 is 12.6 Å². The number of nitrogens with zero attached hydrogens (tertiary/aromatic N) is 2. The molecule has 1 N–H and O–H groups in total. The Kier molecular flexibility index (Phi) is 5.01. The number of aryl methyl sites for hydroxylation is 1. The van der Waals surface area contributed by atoms with Crippen LogP contribution in [0.1, 0.15) is 24.4 Å². The molecule has 21 heavy (non-hydrogen) atoms. The van der Waals surface area contributed by atoms with Crippen LogP contribution in [0.25, 0.3) is 5.69 Å². The zero-order chi connectivity index (χ0) is 15.3. The van der Waals surface area contributed by atoms with E-state index in [0.29, 0.717) is 13.1 Å². The van der Waals surface area contributed by atoms with Crippen LogP contribution in [0, 0.1) is 6.92 Å². The minimum atomic E-state index is -4.08.